The van der Waals surface area contributed by atoms with Gasteiger partial charge in [-0.1, -0.05) is 18.1 Å². The lowest BCUT2D eigenvalue weighted by molar-refractivity contribution is 0.00131. The zero-order chi connectivity index (χ0) is 21.7. The molecule has 3 aliphatic heterocycles. The molecule has 4 heterocycles. The Bertz CT molecular complexity index is 1030. The molecule has 0 radical (unpaired) electrons. The normalized spacial score (nSPS) is 29.7. The van der Waals surface area contributed by atoms with Crippen LogP contribution in [0.25, 0.3) is 11.3 Å². The second kappa shape index (κ2) is 8.07. The summed E-state index contributed by atoms with van der Waals surface area (Å²) in [6.45, 7) is 3.21. The van der Waals surface area contributed by atoms with Gasteiger partial charge in [-0.3, -0.25) is 14.8 Å². The van der Waals surface area contributed by atoms with Gasteiger partial charge in [-0.15, -0.1) is 0 Å². The molecule has 2 aromatic rings. The summed E-state index contributed by atoms with van der Waals surface area (Å²) in [4.78, 5) is 18.5. The van der Waals surface area contributed by atoms with Gasteiger partial charge in [0, 0.05) is 24.7 Å². The molecule has 1 aromatic heterocycles. The second-order valence-electron chi connectivity index (χ2n) is 9.90. The van der Waals surface area contributed by atoms with Crippen LogP contribution in [0.3, 0.4) is 0 Å². The maximum atomic E-state index is 13.6. The molecule has 1 aromatic carbocycles. The number of amides is 1. The molecular formula is C26H32N4O2. The topological polar surface area (TPSA) is 61.5 Å². The average Bonchev–Trinajstić information content (AvgIpc) is 3.34. The van der Waals surface area contributed by atoms with E-state index in [1.807, 2.05) is 30.3 Å². The number of hydrogen-bond acceptors (Lipinski definition) is 4. The van der Waals surface area contributed by atoms with Crippen LogP contribution in [0, 0.1) is 11.8 Å². The van der Waals surface area contributed by atoms with Gasteiger partial charge in [0.2, 0.25) is 0 Å². The molecule has 1 aliphatic carbocycles. The summed E-state index contributed by atoms with van der Waals surface area (Å²) in [7, 11) is 1.66. The van der Waals surface area contributed by atoms with E-state index in [2.05, 4.69) is 26.1 Å². The van der Waals surface area contributed by atoms with E-state index in [1.54, 1.807) is 7.11 Å². The van der Waals surface area contributed by atoms with Crippen LogP contribution in [0.5, 0.6) is 5.75 Å². The number of aromatic nitrogens is 2. The van der Waals surface area contributed by atoms with Crippen molar-refractivity contribution in [1.82, 2.24) is 20.0 Å². The van der Waals surface area contributed by atoms with Crippen molar-refractivity contribution in [3.63, 3.8) is 0 Å². The van der Waals surface area contributed by atoms with E-state index in [-0.39, 0.29) is 11.9 Å². The lowest BCUT2D eigenvalue weighted by atomic mass is 9.68. The maximum Gasteiger partial charge on any atom is 0.272 e. The summed E-state index contributed by atoms with van der Waals surface area (Å²) in [5, 5.41) is 7.47. The number of methoxy groups -OCH3 is 1. The zero-order valence-corrected chi connectivity index (χ0v) is 18.8. The summed E-state index contributed by atoms with van der Waals surface area (Å²) in [6, 6.07) is 10.7. The Morgan fingerprint density at radius 2 is 2.03 bits per heavy atom. The Kier molecular flexibility index (Phi) is 5.05. The molecule has 6 rings (SSSR count). The van der Waals surface area contributed by atoms with Crippen molar-refractivity contribution in [2.45, 2.75) is 50.6 Å². The highest BCUT2D eigenvalue weighted by atomic mass is 16.5. The molecule has 2 bridgehead atoms. The van der Waals surface area contributed by atoms with E-state index < -0.39 is 0 Å². The van der Waals surface area contributed by atoms with E-state index in [0.717, 1.165) is 49.0 Å². The first-order chi connectivity index (χ1) is 15.7. The number of H-pyrrole nitrogens is 1. The van der Waals surface area contributed by atoms with Crippen LogP contribution in [-0.2, 0) is 0 Å². The highest BCUT2D eigenvalue weighted by molar-refractivity contribution is 5.94. The van der Waals surface area contributed by atoms with Crippen molar-refractivity contribution in [3.8, 4) is 17.0 Å². The molecule has 32 heavy (non-hydrogen) atoms. The van der Waals surface area contributed by atoms with E-state index >= 15 is 0 Å². The molecule has 168 valence electrons. The average molecular weight is 433 g/mol. The number of likely N-dealkylation sites (tertiary alicyclic amines) is 1. The minimum Gasteiger partial charge on any atom is -0.497 e. The molecule has 6 nitrogen and oxygen atoms in total. The lowest BCUT2D eigenvalue weighted by Gasteiger charge is -2.54. The highest BCUT2D eigenvalue weighted by Crippen LogP contribution is 2.45. The quantitative estimate of drug-likeness (QED) is 0.741. The van der Waals surface area contributed by atoms with Gasteiger partial charge in [-0.2, -0.15) is 5.10 Å². The molecule has 1 N–H and O–H groups in total. The van der Waals surface area contributed by atoms with Crippen molar-refractivity contribution >= 4 is 5.91 Å². The number of piperidine rings is 3. The van der Waals surface area contributed by atoms with Gasteiger partial charge in [0.15, 0.2) is 0 Å². The van der Waals surface area contributed by atoms with Gasteiger partial charge in [0.1, 0.15) is 11.4 Å². The third-order valence-electron chi connectivity index (χ3n) is 8.11. The fourth-order valence-corrected chi connectivity index (χ4v) is 6.70. The van der Waals surface area contributed by atoms with Gasteiger partial charge >= 0.3 is 0 Å². The van der Waals surface area contributed by atoms with Crippen molar-refractivity contribution in [1.29, 1.82) is 0 Å². The van der Waals surface area contributed by atoms with Gasteiger partial charge in [-0.05, 0) is 80.8 Å². The summed E-state index contributed by atoms with van der Waals surface area (Å²) >= 11 is 0. The highest BCUT2D eigenvalue weighted by Gasteiger charge is 2.47. The van der Waals surface area contributed by atoms with Gasteiger partial charge in [-0.25, -0.2) is 0 Å². The van der Waals surface area contributed by atoms with Crippen LogP contribution >= 0.6 is 0 Å². The fourth-order valence-electron chi connectivity index (χ4n) is 6.70. The lowest BCUT2D eigenvalue weighted by Crippen LogP contribution is -2.60. The molecule has 2 unspecified atom stereocenters. The van der Waals surface area contributed by atoms with Crippen LogP contribution in [0.4, 0.5) is 0 Å². The summed E-state index contributed by atoms with van der Waals surface area (Å²) < 4.78 is 5.25. The molecule has 3 saturated heterocycles. The first-order valence-electron chi connectivity index (χ1n) is 12.2. The van der Waals surface area contributed by atoms with Gasteiger partial charge in [0.05, 0.1) is 18.8 Å². The summed E-state index contributed by atoms with van der Waals surface area (Å²) in [5.41, 5.74) is 3.88. The van der Waals surface area contributed by atoms with Crippen LogP contribution in [-0.4, -0.2) is 64.7 Å². The van der Waals surface area contributed by atoms with E-state index in [4.69, 9.17) is 4.74 Å². The number of carbonyl (C=O) groups is 1. The molecule has 0 saturated carbocycles. The van der Waals surface area contributed by atoms with Crippen molar-refractivity contribution < 1.29 is 9.53 Å². The first-order valence-corrected chi connectivity index (χ1v) is 12.2. The van der Waals surface area contributed by atoms with Crippen molar-refractivity contribution in [3.05, 3.63) is 47.7 Å². The minimum absolute atomic E-state index is 0.0899. The van der Waals surface area contributed by atoms with E-state index in [0.29, 0.717) is 17.5 Å². The van der Waals surface area contributed by atoms with Crippen molar-refractivity contribution in [2.75, 3.05) is 26.7 Å². The van der Waals surface area contributed by atoms with Crippen LogP contribution in [0.2, 0.25) is 0 Å². The van der Waals surface area contributed by atoms with Gasteiger partial charge < -0.3 is 9.64 Å². The Balaban J connectivity index is 1.25. The molecule has 6 heteroatoms. The number of benzene rings is 1. The molecule has 0 spiro atoms. The first kappa shape index (κ1) is 20.0. The van der Waals surface area contributed by atoms with Crippen LogP contribution in [0.1, 0.15) is 49.0 Å². The monoisotopic (exact) mass is 432 g/mol. The maximum absolute atomic E-state index is 13.6. The van der Waals surface area contributed by atoms with Crippen molar-refractivity contribution in [2.24, 2.45) is 11.8 Å². The Morgan fingerprint density at radius 1 is 1.16 bits per heavy atom. The summed E-state index contributed by atoms with van der Waals surface area (Å²) in [5.74, 6) is 2.14. The minimum atomic E-state index is 0.0899. The van der Waals surface area contributed by atoms with E-state index in [1.165, 1.54) is 37.8 Å². The predicted molar refractivity (Wildman–Crippen MR) is 124 cm³/mol. The number of nitrogens with one attached hydrogen (secondary N) is 1. The third-order valence-corrected chi connectivity index (χ3v) is 8.11. The molecule has 1 amide bonds. The van der Waals surface area contributed by atoms with Crippen LogP contribution in [0.15, 0.2) is 42.0 Å². The molecule has 4 atom stereocenters. The predicted octanol–water partition coefficient (Wildman–Crippen LogP) is 4.12. The molecule has 3 fully saturated rings. The summed E-state index contributed by atoms with van der Waals surface area (Å²) in [6.07, 6.45) is 10.0. The third kappa shape index (κ3) is 3.36. The number of carbonyl (C=O) groups excluding carboxylic acids is 1. The SMILES string of the molecule is COc1ccc(-c2cc(C(=O)N3CCCC4=CC5CC(CN6CCCC[C@H]56)[C@@H]43)[nH]n2)cc1. The van der Waals surface area contributed by atoms with Gasteiger partial charge in [0.25, 0.3) is 5.91 Å². The number of rotatable bonds is 3. The fraction of sp³-hybridized carbons (Fsp3) is 0.538. The smallest absolute Gasteiger partial charge is 0.272 e. The number of nitrogens with zero attached hydrogens (tertiary/aromatic N) is 3. The number of fused-ring (bicyclic) bond motifs is 6. The van der Waals surface area contributed by atoms with E-state index in [9.17, 15) is 4.79 Å². The largest absolute Gasteiger partial charge is 0.497 e. The standard InChI is InChI=1S/C26H32N4O2/c1-32-21-9-7-17(8-10-21)22-15-23(28-27-22)26(31)30-12-4-5-18-13-19-14-20(25(18)30)16-29-11-3-2-6-24(19)29/h7-10,13,15,19-20,24-25H,2-6,11-12,14,16H2,1H3,(H,27,28)/t19?,20?,24-,25-/m1/s1. The Hall–Kier alpha value is -2.60. The molecular weight excluding hydrogens is 400 g/mol. The number of aromatic amines is 1. The Morgan fingerprint density at radius 3 is 2.88 bits per heavy atom. The Labute approximate surface area is 189 Å². The zero-order valence-electron chi connectivity index (χ0n) is 18.8. The number of ether oxygens (including phenoxy) is 1. The van der Waals surface area contributed by atoms with Crippen LogP contribution < -0.4 is 4.74 Å². The second-order valence-corrected chi connectivity index (χ2v) is 9.90. The molecule has 4 aliphatic rings. The number of hydrogen-bond donors (Lipinski definition) is 1.